The third-order valence-electron chi connectivity index (χ3n) is 7.08. The molecule has 1 fully saturated rings. The Kier molecular flexibility index (Phi) is 4.93. The van der Waals surface area contributed by atoms with Crippen molar-refractivity contribution in [3.63, 3.8) is 0 Å². The number of nitrogens with zero attached hydrogens (tertiary/aromatic N) is 3. The van der Waals surface area contributed by atoms with Crippen molar-refractivity contribution in [3.8, 4) is 5.75 Å². The lowest BCUT2D eigenvalue weighted by Gasteiger charge is -2.49. The Morgan fingerprint density at radius 3 is 2.68 bits per heavy atom. The zero-order valence-corrected chi connectivity index (χ0v) is 18.4. The van der Waals surface area contributed by atoms with Gasteiger partial charge < -0.3 is 19.9 Å². The van der Waals surface area contributed by atoms with Gasteiger partial charge in [-0.25, -0.2) is 14.4 Å². The molecule has 2 aromatic rings. The van der Waals surface area contributed by atoms with Gasteiger partial charge in [0.15, 0.2) is 11.6 Å². The van der Waals surface area contributed by atoms with Crippen LogP contribution in [0.25, 0.3) is 0 Å². The number of hydrogen-bond donors (Lipinski definition) is 1. The van der Waals surface area contributed by atoms with Crippen LogP contribution in [0.15, 0.2) is 65.3 Å². The lowest BCUT2D eigenvalue weighted by atomic mass is 9.69. The van der Waals surface area contributed by atoms with Gasteiger partial charge >= 0.3 is 0 Å². The van der Waals surface area contributed by atoms with Gasteiger partial charge in [-0.05, 0) is 24.3 Å². The highest BCUT2D eigenvalue weighted by Crippen LogP contribution is 2.53. The molecule has 1 aliphatic carbocycles. The van der Waals surface area contributed by atoms with E-state index >= 15 is 4.39 Å². The Labute approximate surface area is 195 Å². The van der Waals surface area contributed by atoms with Crippen LogP contribution in [0.2, 0.25) is 0 Å². The predicted octanol–water partition coefficient (Wildman–Crippen LogP) is 2.78. The van der Waals surface area contributed by atoms with Crippen LogP contribution in [-0.4, -0.2) is 54.9 Å². The molecule has 176 valence electrons. The van der Waals surface area contributed by atoms with Crippen molar-refractivity contribution in [2.75, 3.05) is 32.9 Å². The maximum atomic E-state index is 15.2. The minimum absolute atomic E-state index is 0.0297. The van der Waals surface area contributed by atoms with Crippen LogP contribution in [0.5, 0.6) is 5.75 Å². The number of fused-ring (bicyclic) bond motifs is 4. The molecule has 1 aromatic heterocycles. The van der Waals surface area contributed by atoms with Gasteiger partial charge in [0.1, 0.15) is 11.6 Å². The molecule has 7 nitrogen and oxygen atoms in total. The molecular formula is C25H24F2N4O3. The fourth-order valence-electron chi connectivity index (χ4n) is 5.54. The zero-order valence-electron chi connectivity index (χ0n) is 18.4. The van der Waals surface area contributed by atoms with Gasteiger partial charge in [-0.1, -0.05) is 24.3 Å². The number of aliphatic imine (C=N–C) groups is 1. The summed E-state index contributed by atoms with van der Waals surface area (Å²) < 4.78 is 47.2. The first-order valence-corrected chi connectivity index (χ1v) is 11.3. The summed E-state index contributed by atoms with van der Waals surface area (Å²) in [6.45, 7) is 2.56. The third-order valence-corrected chi connectivity index (χ3v) is 7.08. The largest absolute Gasteiger partial charge is 0.478 e. The Hall–Kier alpha value is -3.30. The summed E-state index contributed by atoms with van der Waals surface area (Å²) in [7, 11) is 0. The average molecular weight is 466 g/mol. The van der Waals surface area contributed by atoms with Crippen molar-refractivity contribution < 1.29 is 23.0 Å². The van der Waals surface area contributed by atoms with Crippen LogP contribution in [0.1, 0.15) is 17.5 Å². The topological polar surface area (TPSA) is 82.2 Å². The lowest BCUT2D eigenvalue weighted by molar-refractivity contribution is 0.00338. The van der Waals surface area contributed by atoms with Gasteiger partial charge in [-0.15, -0.1) is 0 Å². The third kappa shape index (κ3) is 3.07. The maximum Gasteiger partial charge on any atom is 0.283 e. The molecule has 4 aliphatic rings. The summed E-state index contributed by atoms with van der Waals surface area (Å²) in [5.74, 6) is -0.867. The molecule has 0 radical (unpaired) electrons. The smallest absolute Gasteiger partial charge is 0.283 e. The number of pyridine rings is 1. The van der Waals surface area contributed by atoms with Crippen molar-refractivity contribution in [2.24, 2.45) is 10.7 Å². The standard InChI is InChI=1S/C25H24F2N4O3/c26-19-5-1-3-16-21(19)34-20-6-7-24(31-10-13-32-14-11-31,17-4-2-9-29-22(17)27)15-18(20)25(16)8-12-33-23(28)30-25/h1-7,9,15,20H,8,10-14H2,(H2,28,30)/t20-,24?,25?/m0/s1. The summed E-state index contributed by atoms with van der Waals surface area (Å²) in [6, 6.07) is 8.30. The second-order valence-corrected chi connectivity index (χ2v) is 8.79. The fourth-order valence-corrected chi connectivity index (χ4v) is 5.54. The summed E-state index contributed by atoms with van der Waals surface area (Å²) in [5.41, 5.74) is 5.89. The number of aromatic nitrogens is 1. The monoisotopic (exact) mass is 466 g/mol. The van der Waals surface area contributed by atoms with Crippen LogP contribution in [0.4, 0.5) is 8.78 Å². The number of ether oxygens (including phenoxy) is 3. The number of rotatable bonds is 2. The van der Waals surface area contributed by atoms with E-state index in [2.05, 4.69) is 9.88 Å². The normalized spacial score (nSPS) is 30.5. The van der Waals surface area contributed by atoms with Crippen LogP contribution in [0.3, 0.4) is 0 Å². The second-order valence-electron chi connectivity index (χ2n) is 8.79. The minimum atomic E-state index is -0.996. The van der Waals surface area contributed by atoms with Crippen molar-refractivity contribution in [1.29, 1.82) is 0 Å². The second kappa shape index (κ2) is 7.89. The maximum absolute atomic E-state index is 15.2. The van der Waals surface area contributed by atoms with E-state index < -0.39 is 28.9 Å². The highest BCUT2D eigenvalue weighted by molar-refractivity contribution is 5.74. The first-order chi connectivity index (χ1) is 16.5. The average Bonchev–Trinajstić information content (AvgIpc) is 2.86. The number of benzene rings is 1. The number of nitrogens with two attached hydrogens (primary N) is 1. The molecule has 3 aliphatic heterocycles. The van der Waals surface area contributed by atoms with Gasteiger partial charge in [0.2, 0.25) is 5.95 Å². The molecule has 1 aromatic carbocycles. The number of hydrogen-bond acceptors (Lipinski definition) is 7. The SMILES string of the molecule is NC1=NC2(CCO1)C1=CC(c3cccnc3F)(N3CCOCC3)C=C[C@@H]1Oc1c(F)cccc12. The van der Waals surface area contributed by atoms with E-state index in [1.807, 2.05) is 18.2 Å². The Balaban J connectivity index is 1.62. The molecule has 3 atom stereocenters. The summed E-state index contributed by atoms with van der Waals surface area (Å²) in [6.07, 6.45) is 7.06. The number of morpholine rings is 1. The minimum Gasteiger partial charge on any atom is -0.478 e. The van der Waals surface area contributed by atoms with E-state index in [4.69, 9.17) is 24.9 Å². The molecule has 1 saturated heterocycles. The van der Waals surface area contributed by atoms with Crippen LogP contribution >= 0.6 is 0 Å². The van der Waals surface area contributed by atoms with Crippen molar-refractivity contribution in [2.45, 2.75) is 23.6 Å². The molecule has 9 heteroatoms. The van der Waals surface area contributed by atoms with Crippen LogP contribution < -0.4 is 10.5 Å². The molecule has 2 N–H and O–H groups in total. The highest BCUT2D eigenvalue weighted by Gasteiger charge is 2.52. The van der Waals surface area contributed by atoms with Crippen LogP contribution in [-0.2, 0) is 20.6 Å². The van der Waals surface area contributed by atoms with Gasteiger partial charge in [0.05, 0.1) is 25.4 Å². The first kappa shape index (κ1) is 21.2. The predicted molar refractivity (Wildman–Crippen MR) is 120 cm³/mol. The molecule has 1 spiro atoms. The van der Waals surface area contributed by atoms with Gasteiger partial charge in [0, 0.05) is 42.4 Å². The summed E-state index contributed by atoms with van der Waals surface area (Å²) in [4.78, 5) is 10.8. The fraction of sp³-hybridized carbons (Fsp3) is 0.360. The van der Waals surface area contributed by atoms with E-state index in [-0.39, 0.29) is 11.8 Å². The Morgan fingerprint density at radius 2 is 1.88 bits per heavy atom. The first-order valence-electron chi connectivity index (χ1n) is 11.3. The molecule has 4 heterocycles. The Bertz CT molecular complexity index is 1230. The quantitative estimate of drug-likeness (QED) is 0.542. The molecule has 2 unspecified atom stereocenters. The van der Waals surface area contributed by atoms with E-state index in [0.717, 1.165) is 5.57 Å². The van der Waals surface area contributed by atoms with Crippen LogP contribution in [0, 0.1) is 11.8 Å². The van der Waals surface area contributed by atoms with E-state index in [9.17, 15) is 4.39 Å². The van der Waals surface area contributed by atoms with Crippen molar-refractivity contribution in [1.82, 2.24) is 9.88 Å². The molecular weight excluding hydrogens is 442 g/mol. The molecule has 0 saturated carbocycles. The van der Waals surface area contributed by atoms with Gasteiger partial charge in [-0.2, -0.15) is 4.39 Å². The molecule has 0 bridgehead atoms. The molecule has 0 amide bonds. The van der Waals surface area contributed by atoms with Gasteiger partial charge in [-0.3, -0.25) is 4.90 Å². The number of halogens is 2. The Morgan fingerprint density at radius 1 is 1.06 bits per heavy atom. The van der Waals surface area contributed by atoms with Crippen molar-refractivity contribution in [3.05, 3.63) is 83.2 Å². The zero-order chi connectivity index (χ0) is 23.3. The molecule has 34 heavy (non-hydrogen) atoms. The van der Waals surface area contributed by atoms with Gasteiger partial charge in [0.25, 0.3) is 6.02 Å². The van der Waals surface area contributed by atoms with E-state index in [0.29, 0.717) is 50.5 Å². The van der Waals surface area contributed by atoms with Crippen molar-refractivity contribution >= 4 is 6.02 Å². The highest BCUT2D eigenvalue weighted by atomic mass is 19.1. The number of amidine groups is 1. The summed E-state index contributed by atoms with van der Waals surface area (Å²) >= 11 is 0. The van der Waals surface area contributed by atoms with E-state index in [1.165, 1.54) is 12.3 Å². The molecule has 6 rings (SSSR count). The lowest BCUT2D eigenvalue weighted by Crippen LogP contribution is -2.54. The summed E-state index contributed by atoms with van der Waals surface area (Å²) in [5, 5.41) is 0. The number of para-hydroxylation sites is 1. The van der Waals surface area contributed by atoms with E-state index in [1.54, 1.807) is 24.3 Å².